The van der Waals surface area contributed by atoms with Crippen molar-refractivity contribution in [3.63, 3.8) is 0 Å². The maximum absolute atomic E-state index is 3.66. The van der Waals surface area contributed by atoms with Gasteiger partial charge < -0.3 is 5.32 Å². The van der Waals surface area contributed by atoms with Gasteiger partial charge in [0, 0.05) is 21.5 Å². The second-order valence-electron chi connectivity index (χ2n) is 5.29. The van der Waals surface area contributed by atoms with E-state index in [9.17, 15) is 0 Å². The molecule has 1 N–H and O–H groups in total. The van der Waals surface area contributed by atoms with E-state index in [4.69, 9.17) is 0 Å². The number of benzene rings is 1. The Morgan fingerprint density at radius 1 is 1.32 bits per heavy atom. The summed E-state index contributed by atoms with van der Waals surface area (Å²) in [5, 5.41) is 4.56. The molecule has 1 unspecified atom stereocenters. The van der Waals surface area contributed by atoms with Gasteiger partial charge in [0.1, 0.15) is 0 Å². The molecule has 1 atom stereocenters. The molecule has 106 valence electrons. The van der Waals surface area contributed by atoms with Crippen molar-refractivity contribution in [1.29, 1.82) is 0 Å². The third kappa shape index (κ3) is 5.13. The van der Waals surface area contributed by atoms with Crippen molar-refractivity contribution in [2.45, 2.75) is 50.3 Å². The van der Waals surface area contributed by atoms with Gasteiger partial charge >= 0.3 is 0 Å². The quantitative estimate of drug-likeness (QED) is 0.774. The lowest BCUT2D eigenvalue weighted by Crippen LogP contribution is -2.33. The van der Waals surface area contributed by atoms with E-state index in [0.29, 0.717) is 6.04 Å². The van der Waals surface area contributed by atoms with Gasteiger partial charge in [-0.15, -0.1) is 0 Å². The first kappa shape index (κ1) is 15.4. The van der Waals surface area contributed by atoms with Crippen LogP contribution < -0.4 is 5.32 Å². The van der Waals surface area contributed by atoms with Gasteiger partial charge in [0.2, 0.25) is 0 Å². The molecule has 1 aromatic carbocycles. The topological polar surface area (TPSA) is 12.0 Å². The van der Waals surface area contributed by atoms with Crippen LogP contribution in [0.1, 0.15) is 38.2 Å². The molecule has 1 aromatic rings. The Morgan fingerprint density at radius 2 is 2.05 bits per heavy atom. The third-order valence-electron chi connectivity index (χ3n) is 3.75. The summed E-state index contributed by atoms with van der Waals surface area (Å²) < 4.78 is 1.24. The SMILES string of the molecule is CCNC(CSC1CCCC1)Cc1ccccc1Br. The number of thioether (sulfide) groups is 1. The highest BCUT2D eigenvalue weighted by Crippen LogP contribution is 2.30. The van der Waals surface area contributed by atoms with E-state index >= 15 is 0 Å². The highest BCUT2D eigenvalue weighted by molar-refractivity contribution is 9.10. The lowest BCUT2D eigenvalue weighted by Gasteiger charge is -2.20. The summed E-state index contributed by atoms with van der Waals surface area (Å²) in [6.45, 7) is 3.26. The fraction of sp³-hybridized carbons (Fsp3) is 0.625. The Labute approximate surface area is 130 Å². The van der Waals surface area contributed by atoms with Gasteiger partial charge in [-0.3, -0.25) is 0 Å². The number of halogens is 1. The van der Waals surface area contributed by atoms with Crippen molar-refractivity contribution in [3.05, 3.63) is 34.3 Å². The molecule has 19 heavy (non-hydrogen) atoms. The molecule has 1 saturated carbocycles. The van der Waals surface area contributed by atoms with Gasteiger partial charge in [-0.25, -0.2) is 0 Å². The average molecular weight is 342 g/mol. The largest absolute Gasteiger partial charge is 0.313 e. The molecule has 2 rings (SSSR count). The van der Waals surface area contributed by atoms with E-state index < -0.39 is 0 Å². The van der Waals surface area contributed by atoms with Gasteiger partial charge in [-0.2, -0.15) is 11.8 Å². The maximum Gasteiger partial charge on any atom is 0.0207 e. The number of rotatable bonds is 7. The molecule has 0 aliphatic heterocycles. The van der Waals surface area contributed by atoms with Crippen LogP contribution in [0, 0.1) is 0 Å². The molecule has 1 fully saturated rings. The van der Waals surface area contributed by atoms with Gasteiger partial charge in [0.25, 0.3) is 0 Å². The van der Waals surface area contributed by atoms with Gasteiger partial charge in [-0.1, -0.05) is 53.9 Å². The Balaban J connectivity index is 1.86. The molecule has 0 aromatic heterocycles. The highest BCUT2D eigenvalue weighted by Gasteiger charge is 2.18. The van der Waals surface area contributed by atoms with Crippen molar-refractivity contribution in [3.8, 4) is 0 Å². The van der Waals surface area contributed by atoms with Crippen molar-refractivity contribution < 1.29 is 0 Å². The molecule has 3 heteroatoms. The molecular formula is C16H24BrNS. The van der Waals surface area contributed by atoms with Crippen molar-refractivity contribution in [1.82, 2.24) is 5.32 Å². The summed E-state index contributed by atoms with van der Waals surface area (Å²) in [5.74, 6) is 1.24. The second-order valence-corrected chi connectivity index (χ2v) is 7.48. The van der Waals surface area contributed by atoms with Crippen LogP contribution in [0.15, 0.2) is 28.7 Å². The minimum atomic E-state index is 0.592. The van der Waals surface area contributed by atoms with Crippen LogP contribution in [-0.2, 0) is 6.42 Å². The first-order chi connectivity index (χ1) is 9.29. The monoisotopic (exact) mass is 341 g/mol. The van der Waals surface area contributed by atoms with Crippen molar-refractivity contribution in [2.24, 2.45) is 0 Å². The van der Waals surface area contributed by atoms with Crippen LogP contribution >= 0.6 is 27.7 Å². The highest BCUT2D eigenvalue weighted by atomic mass is 79.9. The van der Waals surface area contributed by atoms with Crippen LogP contribution in [-0.4, -0.2) is 23.6 Å². The summed E-state index contributed by atoms with van der Waals surface area (Å²) >= 11 is 5.84. The maximum atomic E-state index is 3.66. The molecule has 0 saturated heterocycles. The Kier molecular flexibility index (Phi) is 6.75. The van der Waals surface area contributed by atoms with Crippen LogP contribution in [0.3, 0.4) is 0 Å². The van der Waals surface area contributed by atoms with Crippen LogP contribution in [0.2, 0.25) is 0 Å². The molecule has 1 nitrogen and oxygen atoms in total. The van der Waals surface area contributed by atoms with Crippen molar-refractivity contribution >= 4 is 27.7 Å². The van der Waals surface area contributed by atoms with E-state index in [2.05, 4.69) is 64.2 Å². The predicted octanol–water partition coefficient (Wildman–Crippen LogP) is 4.65. The van der Waals surface area contributed by atoms with Gasteiger partial charge in [0.15, 0.2) is 0 Å². The average Bonchev–Trinajstić information content (AvgIpc) is 2.92. The fourth-order valence-electron chi connectivity index (χ4n) is 2.72. The van der Waals surface area contributed by atoms with E-state index in [0.717, 1.165) is 18.2 Å². The number of likely N-dealkylation sites (N-methyl/N-ethyl adjacent to an activating group) is 1. The van der Waals surface area contributed by atoms with Crippen LogP contribution in [0.25, 0.3) is 0 Å². The Bertz CT molecular complexity index is 377. The molecule has 1 aliphatic rings. The smallest absolute Gasteiger partial charge is 0.0207 e. The third-order valence-corrected chi connectivity index (χ3v) is 6.06. The number of hydrogen-bond acceptors (Lipinski definition) is 2. The first-order valence-corrected chi connectivity index (χ1v) is 9.22. The molecule has 0 heterocycles. The molecule has 0 bridgehead atoms. The summed E-state index contributed by atoms with van der Waals surface area (Å²) in [7, 11) is 0. The van der Waals surface area contributed by atoms with E-state index in [-0.39, 0.29) is 0 Å². The Morgan fingerprint density at radius 3 is 2.74 bits per heavy atom. The minimum absolute atomic E-state index is 0.592. The summed E-state index contributed by atoms with van der Waals surface area (Å²) in [6, 6.07) is 9.18. The minimum Gasteiger partial charge on any atom is -0.313 e. The number of nitrogens with one attached hydrogen (secondary N) is 1. The molecule has 0 amide bonds. The Hall–Kier alpha value is 0.01000. The molecule has 0 radical (unpaired) electrons. The molecule has 0 spiro atoms. The zero-order valence-corrected chi connectivity index (χ0v) is 14.1. The summed E-state index contributed by atoms with van der Waals surface area (Å²) in [4.78, 5) is 0. The molecular weight excluding hydrogens is 318 g/mol. The zero-order valence-electron chi connectivity index (χ0n) is 11.7. The van der Waals surface area contributed by atoms with Crippen molar-refractivity contribution in [2.75, 3.05) is 12.3 Å². The lowest BCUT2D eigenvalue weighted by atomic mass is 10.1. The predicted molar refractivity (Wildman–Crippen MR) is 90.0 cm³/mol. The summed E-state index contributed by atoms with van der Waals surface area (Å²) in [5.41, 5.74) is 1.42. The fourth-order valence-corrected chi connectivity index (χ4v) is 4.57. The summed E-state index contributed by atoms with van der Waals surface area (Å²) in [6.07, 6.45) is 6.85. The van der Waals surface area contributed by atoms with Gasteiger partial charge in [-0.05, 0) is 37.4 Å². The lowest BCUT2D eigenvalue weighted by molar-refractivity contribution is 0.571. The standard InChI is InChI=1S/C16H24BrNS/c1-2-18-14(12-19-15-8-4-5-9-15)11-13-7-3-6-10-16(13)17/h3,6-7,10,14-15,18H,2,4-5,8-9,11-12H2,1H3. The van der Waals surface area contributed by atoms with E-state index in [1.54, 1.807) is 0 Å². The van der Waals surface area contributed by atoms with E-state index in [1.807, 2.05) is 0 Å². The van der Waals surface area contributed by atoms with E-state index in [1.165, 1.54) is 41.5 Å². The number of hydrogen-bond donors (Lipinski definition) is 1. The van der Waals surface area contributed by atoms with Crippen LogP contribution in [0.5, 0.6) is 0 Å². The second kappa shape index (κ2) is 8.33. The zero-order chi connectivity index (χ0) is 13.5. The van der Waals surface area contributed by atoms with Gasteiger partial charge in [0.05, 0.1) is 0 Å². The van der Waals surface area contributed by atoms with Crippen LogP contribution in [0.4, 0.5) is 0 Å². The first-order valence-electron chi connectivity index (χ1n) is 7.38. The molecule has 1 aliphatic carbocycles. The normalized spacial score (nSPS) is 17.8.